The Morgan fingerprint density at radius 2 is 1.84 bits per heavy atom. The number of hydrogen-bond donors (Lipinski definition) is 1. The number of halogens is 1. The van der Waals surface area contributed by atoms with Crippen LogP contribution in [0.25, 0.3) is 0 Å². The van der Waals surface area contributed by atoms with Gasteiger partial charge in [0, 0.05) is 30.2 Å². The number of anilines is 1. The van der Waals surface area contributed by atoms with Crippen LogP contribution >= 0.6 is 11.6 Å². The molecule has 2 aromatic carbocycles. The van der Waals surface area contributed by atoms with Crippen LogP contribution in [0.3, 0.4) is 0 Å². The van der Waals surface area contributed by atoms with Gasteiger partial charge >= 0.3 is 0 Å². The van der Waals surface area contributed by atoms with E-state index in [1.54, 1.807) is 4.90 Å². The molecule has 1 fully saturated rings. The number of carbonyl (C=O) groups is 2. The highest BCUT2D eigenvalue weighted by Gasteiger charge is 2.34. The fraction of sp³-hybridized carbons (Fsp3) is 0.300. The van der Waals surface area contributed by atoms with E-state index in [2.05, 4.69) is 5.32 Å². The highest BCUT2D eigenvalue weighted by Crippen LogP contribution is 2.26. The molecular weight excluding hydrogens is 336 g/mol. The van der Waals surface area contributed by atoms with Crippen molar-refractivity contribution in [2.75, 3.05) is 11.9 Å². The van der Waals surface area contributed by atoms with Gasteiger partial charge in [-0.1, -0.05) is 48.0 Å². The molecule has 130 valence electrons. The number of para-hydroxylation sites is 1. The van der Waals surface area contributed by atoms with Crippen molar-refractivity contribution in [2.24, 2.45) is 5.92 Å². The van der Waals surface area contributed by atoms with Gasteiger partial charge in [-0.05, 0) is 36.6 Å². The molecule has 1 unspecified atom stereocenters. The second-order valence-corrected chi connectivity index (χ2v) is 6.93. The van der Waals surface area contributed by atoms with Gasteiger partial charge in [-0.3, -0.25) is 9.59 Å². The smallest absolute Gasteiger partial charge is 0.229 e. The summed E-state index contributed by atoms with van der Waals surface area (Å²) in [4.78, 5) is 26.6. The third-order valence-electron chi connectivity index (χ3n) is 4.63. The third kappa shape index (κ3) is 3.85. The van der Waals surface area contributed by atoms with Crippen molar-refractivity contribution in [3.63, 3.8) is 0 Å². The van der Waals surface area contributed by atoms with E-state index >= 15 is 0 Å². The Morgan fingerprint density at radius 1 is 1.16 bits per heavy atom. The van der Waals surface area contributed by atoms with Crippen molar-refractivity contribution >= 4 is 29.1 Å². The number of carbonyl (C=O) groups excluding carboxylic acids is 2. The highest BCUT2D eigenvalue weighted by molar-refractivity contribution is 6.31. The number of likely N-dealkylation sites (tertiary alicyclic amines) is 1. The number of hydrogen-bond acceptors (Lipinski definition) is 2. The predicted molar refractivity (Wildman–Crippen MR) is 99.5 cm³/mol. The lowest BCUT2D eigenvalue weighted by Gasteiger charge is -2.18. The summed E-state index contributed by atoms with van der Waals surface area (Å²) in [5.74, 6) is -0.456. The molecule has 0 aromatic heterocycles. The van der Waals surface area contributed by atoms with E-state index in [4.69, 9.17) is 11.6 Å². The lowest BCUT2D eigenvalue weighted by atomic mass is 10.1. The van der Waals surface area contributed by atoms with Crippen LogP contribution in [-0.2, 0) is 16.1 Å². The first-order valence-electron chi connectivity index (χ1n) is 8.34. The minimum absolute atomic E-state index is 0.0124. The molecule has 5 heteroatoms. The van der Waals surface area contributed by atoms with Gasteiger partial charge in [0.15, 0.2) is 0 Å². The second kappa shape index (κ2) is 7.28. The summed E-state index contributed by atoms with van der Waals surface area (Å²) >= 11 is 6.17. The molecular formula is C20H21ClN2O2. The Hall–Kier alpha value is -2.33. The van der Waals surface area contributed by atoms with E-state index in [0.717, 1.165) is 22.4 Å². The van der Waals surface area contributed by atoms with Crippen LogP contribution in [-0.4, -0.2) is 23.3 Å². The predicted octanol–water partition coefficient (Wildman–Crippen LogP) is 3.94. The monoisotopic (exact) mass is 356 g/mol. The van der Waals surface area contributed by atoms with Gasteiger partial charge < -0.3 is 10.2 Å². The fourth-order valence-electron chi connectivity index (χ4n) is 3.17. The van der Waals surface area contributed by atoms with Crippen LogP contribution < -0.4 is 5.32 Å². The Kier molecular flexibility index (Phi) is 5.09. The highest BCUT2D eigenvalue weighted by atomic mass is 35.5. The first-order chi connectivity index (χ1) is 12.0. The Morgan fingerprint density at radius 3 is 2.52 bits per heavy atom. The molecule has 2 aromatic rings. The maximum atomic E-state index is 12.6. The lowest BCUT2D eigenvalue weighted by Crippen LogP contribution is -2.28. The van der Waals surface area contributed by atoms with Gasteiger partial charge in [0.2, 0.25) is 11.8 Å². The minimum Gasteiger partial charge on any atom is -0.337 e. The summed E-state index contributed by atoms with van der Waals surface area (Å²) in [6.07, 6.45) is 0.237. The molecule has 0 spiro atoms. The molecule has 0 saturated carbocycles. The molecule has 1 saturated heterocycles. The van der Waals surface area contributed by atoms with Crippen molar-refractivity contribution < 1.29 is 9.59 Å². The van der Waals surface area contributed by atoms with E-state index in [-0.39, 0.29) is 24.2 Å². The summed E-state index contributed by atoms with van der Waals surface area (Å²) in [5, 5.41) is 3.63. The van der Waals surface area contributed by atoms with Crippen LogP contribution in [0, 0.1) is 19.8 Å². The van der Waals surface area contributed by atoms with E-state index in [0.29, 0.717) is 18.1 Å². The van der Waals surface area contributed by atoms with Gasteiger partial charge in [-0.25, -0.2) is 0 Å². The molecule has 1 heterocycles. The maximum absolute atomic E-state index is 12.6. The van der Waals surface area contributed by atoms with Gasteiger partial charge in [0.1, 0.15) is 0 Å². The largest absolute Gasteiger partial charge is 0.337 e. The van der Waals surface area contributed by atoms with Crippen LogP contribution in [0.15, 0.2) is 42.5 Å². The third-order valence-corrected chi connectivity index (χ3v) is 5.00. The number of aryl methyl sites for hydroxylation is 2. The second-order valence-electron chi connectivity index (χ2n) is 6.52. The molecule has 0 bridgehead atoms. The summed E-state index contributed by atoms with van der Waals surface area (Å²) in [7, 11) is 0. The Labute approximate surface area is 152 Å². The summed E-state index contributed by atoms with van der Waals surface area (Å²) < 4.78 is 0. The molecule has 3 rings (SSSR count). The first kappa shape index (κ1) is 17.5. The van der Waals surface area contributed by atoms with Crippen molar-refractivity contribution in [3.8, 4) is 0 Å². The van der Waals surface area contributed by atoms with Crippen LogP contribution in [0.4, 0.5) is 5.69 Å². The molecule has 1 aliphatic rings. The zero-order chi connectivity index (χ0) is 18.0. The van der Waals surface area contributed by atoms with E-state index in [1.165, 1.54) is 0 Å². The van der Waals surface area contributed by atoms with Crippen molar-refractivity contribution in [3.05, 3.63) is 64.2 Å². The van der Waals surface area contributed by atoms with Crippen molar-refractivity contribution in [1.82, 2.24) is 4.90 Å². The number of nitrogens with one attached hydrogen (secondary N) is 1. The average Bonchev–Trinajstić information content (AvgIpc) is 2.94. The molecule has 1 N–H and O–H groups in total. The molecule has 0 radical (unpaired) electrons. The first-order valence-corrected chi connectivity index (χ1v) is 8.71. The maximum Gasteiger partial charge on any atom is 0.229 e. The molecule has 1 atom stereocenters. The number of benzene rings is 2. The SMILES string of the molecule is Cc1cccc(C)c1NC(=O)C1CC(=O)N(Cc2ccccc2Cl)C1. The zero-order valence-electron chi connectivity index (χ0n) is 14.4. The van der Waals surface area contributed by atoms with Gasteiger partial charge in [-0.15, -0.1) is 0 Å². The van der Waals surface area contributed by atoms with Crippen LogP contribution in [0.1, 0.15) is 23.1 Å². The van der Waals surface area contributed by atoms with Crippen LogP contribution in [0.5, 0.6) is 0 Å². The van der Waals surface area contributed by atoms with Gasteiger partial charge in [-0.2, -0.15) is 0 Å². The van der Waals surface area contributed by atoms with Gasteiger partial charge in [0.25, 0.3) is 0 Å². The van der Waals surface area contributed by atoms with Gasteiger partial charge in [0.05, 0.1) is 5.92 Å². The van der Waals surface area contributed by atoms with E-state index in [1.807, 2.05) is 56.3 Å². The Bertz CT molecular complexity index is 799. The standard InChI is InChI=1S/C20H21ClN2O2/c1-13-6-5-7-14(2)19(13)22-20(25)16-10-18(24)23(12-16)11-15-8-3-4-9-17(15)21/h3-9,16H,10-12H2,1-2H3,(H,22,25). The minimum atomic E-state index is -0.339. The van der Waals surface area contributed by atoms with Crippen molar-refractivity contribution in [2.45, 2.75) is 26.8 Å². The molecule has 4 nitrogen and oxygen atoms in total. The van der Waals surface area contributed by atoms with Crippen LogP contribution in [0.2, 0.25) is 5.02 Å². The number of amides is 2. The quantitative estimate of drug-likeness (QED) is 0.901. The number of nitrogens with zero attached hydrogens (tertiary/aromatic N) is 1. The molecule has 25 heavy (non-hydrogen) atoms. The Balaban J connectivity index is 1.68. The van der Waals surface area contributed by atoms with E-state index in [9.17, 15) is 9.59 Å². The molecule has 1 aliphatic heterocycles. The number of rotatable bonds is 4. The topological polar surface area (TPSA) is 49.4 Å². The zero-order valence-corrected chi connectivity index (χ0v) is 15.1. The fourth-order valence-corrected chi connectivity index (χ4v) is 3.37. The molecule has 0 aliphatic carbocycles. The summed E-state index contributed by atoms with van der Waals surface area (Å²) in [6, 6.07) is 13.4. The van der Waals surface area contributed by atoms with E-state index < -0.39 is 0 Å². The lowest BCUT2D eigenvalue weighted by molar-refractivity contribution is -0.128. The summed E-state index contributed by atoms with van der Waals surface area (Å²) in [6.45, 7) is 4.78. The summed E-state index contributed by atoms with van der Waals surface area (Å²) in [5.41, 5.74) is 3.77. The van der Waals surface area contributed by atoms with Crippen molar-refractivity contribution in [1.29, 1.82) is 0 Å². The average molecular weight is 357 g/mol. The molecule has 2 amide bonds. The normalized spacial score (nSPS) is 17.0.